The first-order valence-electron chi connectivity index (χ1n) is 10.3. The number of nitro benzene ring substituents is 1. The number of nitrogens with one attached hydrogen (secondary N) is 1. The van der Waals surface area contributed by atoms with E-state index in [9.17, 15) is 24.5 Å². The van der Waals surface area contributed by atoms with E-state index in [0.29, 0.717) is 24.2 Å². The van der Waals surface area contributed by atoms with Gasteiger partial charge in [0.05, 0.1) is 23.8 Å². The molecule has 12 nitrogen and oxygen atoms in total. The van der Waals surface area contributed by atoms with Crippen LogP contribution < -0.4 is 5.32 Å². The van der Waals surface area contributed by atoms with Gasteiger partial charge in [-0.3, -0.25) is 14.9 Å². The summed E-state index contributed by atoms with van der Waals surface area (Å²) in [6.45, 7) is 7.27. The van der Waals surface area contributed by atoms with Crippen LogP contribution in [0.2, 0.25) is 0 Å². The molecule has 2 aromatic rings. The van der Waals surface area contributed by atoms with Crippen LogP contribution in [-0.4, -0.2) is 56.5 Å². The Morgan fingerprint density at radius 2 is 1.91 bits per heavy atom. The minimum absolute atomic E-state index is 0.0140. The number of ether oxygens (including phenoxy) is 2. The number of nitrogens with zero attached hydrogens (tertiary/aromatic N) is 4. The smallest absolute Gasteiger partial charge is 0.436 e. The van der Waals surface area contributed by atoms with Crippen molar-refractivity contribution >= 4 is 29.6 Å². The summed E-state index contributed by atoms with van der Waals surface area (Å²) in [4.78, 5) is 50.1. The molecule has 1 aromatic carbocycles. The molecule has 2 heterocycles. The fraction of sp³-hybridized carbons (Fsp3) is 0.429. The lowest BCUT2D eigenvalue weighted by Gasteiger charge is -2.29. The fourth-order valence-corrected chi connectivity index (χ4v) is 3.30. The normalized spacial score (nSPS) is 13.2. The maximum absolute atomic E-state index is 12.9. The standard InChI is InChI=1S/C21H25N5O7/c1-5-32-20(29)25-17(22-18(27)13-8-6-7-9-16(13)26(30)31)14-12-24(11-10-15(14)23-25)19(28)33-21(2,3)4/h6-9H,5,10-12H2,1-4H3,(H,22,27). The third-order valence-electron chi connectivity index (χ3n) is 4.70. The minimum atomic E-state index is -0.825. The van der Waals surface area contributed by atoms with Crippen molar-refractivity contribution in [3.63, 3.8) is 0 Å². The maximum Gasteiger partial charge on any atom is 0.436 e. The predicted molar refractivity (Wildman–Crippen MR) is 116 cm³/mol. The van der Waals surface area contributed by atoms with Gasteiger partial charge >= 0.3 is 12.2 Å². The third-order valence-corrected chi connectivity index (χ3v) is 4.70. The number of anilines is 1. The molecular formula is C21H25N5O7. The van der Waals surface area contributed by atoms with Crippen LogP contribution in [-0.2, 0) is 22.4 Å². The largest absolute Gasteiger partial charge is 0.448 e. The highest BCUT2D eigenvalue weighted by molar-refractivity contribution is 6.07. The van der Waals surface area contributed by atoms with Crippen molar-refractivity contribution < 1.29 is 28.8 Å². The first-order valence-corrected chi connectivity index (χ1v) is 10.3. The van der Waals surface area contributed by atoms with Crippen molar-refractivity contribution in [2.45, 2.75) is 46.3 Å². The highest BCUT2D eigenvalue weighted by atomic mass is 16.6. The van der Waals surface area contributed by atoms with E-state index < -0.39 is 28.6 Å². The number of rotatable bonds is 4. The number of carbonyl (C=O) groups excluding carboxylic acids is 3. The second kappa shape index (κ2) is 9.27. The molecule has 1 N–H and O–H groups in total. The summed E-state index contributed by atoms with van der Waals surface area (Å²) in [6.07, 6.45) is -1.06. The van der Waals surface area contributed by atoms with E-state index in [4.69, 9.17) is 9.47 Å². The molecule has 3 rings (SSSR count). The van der Waals surface area contributed by atoms with Crippen molar-refractivity contribution in [3.05, 3.63) is 51.2 Å². The van der Waals surface area contributed by atoms with Crippen LogP contribution in [0.1, 0.15) is 49.3 Å². The van der Waals surface area contributed by atoms with Crippen molar-refractivity contribution in [3.8, 4) is 0 Å². The van der Waals surface area contributed by atoms with Crippen molar-refractivity contribution in [2.75, 3.05) is 18.5 Å². The average molecular weight is 459 g/mol. The summed E-state index contributed by atoms with van der Waals surface area (Å²) in [5.74, 6) is -0.815. The van der Waals surface area contributed by atoms with Crippen molar-refractivity contribution in [1.29, 1.82) is 0 Å². The van der Waals surface area contributed by atoms with E-state index in [-0.39, 0.29) is 30.2 Å². The molecule has 0 saturated carbocycles. The van der Waals surface area contributed by atoms with Gasteiger partial charge in [0.15, 0.2) is 0 Å². The van der Waals surface area contributed by atoms with E-state index in [1.165, 1.54) is 29.2 Å². The average Bonchev–Trinajstić information content (AvgIpc) is 3.10. The van der Waals surface area contributed by atoms with Crippen molar-refractivity contribution in [2.24, 2.45) is 0 Å². The number of amides is 2. The number of nitro groups is 1. The summed E-state index contributed by atoms with van der Waals surface area (Å²) in [5, 5.41) is 18.1. The summed E-state index contributed by atoms with van der Waals surface area (Å²) >= 11 is 0. The van der Waals surface area contributed by atoms with Crippen LogP contribution in [0.25, 0.3) is 0 Å². The first-order chi connectivity index (χ1) is 15.5. The Morgan fingerprint density at radius 1 is 1.21 bits per heavy atom. The Hall–Kier alpha value is -3.96. The maximum atomic E-state index is 12.9. The zero-order chi connectivity index (χ0) is 24.3. The molecule has 2 amide bonds. The van der Waals surface area contributed by atoms with Crippen LogP contribution in [0.4, 0.5) is 21.1 Å². The van der Waals surface area contributed by atoms with Gasteiger partial charge in [0.25, 0.3) is 11.6 Å². The quantitative estimate of drug-likeness (QED) is 0.541. The minimum Gasteiger partial charge on any atom is -0.448 e. The van der Waals surface area contributed by atoms with E-state index in [1.54, 1.807) is 27.7 Å². The second-order valence-corrected chi connectivity index (χ2v) is 8.26. The number of para-hydroxylation sites is 1. The van der Waals surface area contributed by atoms with Crippen LogP contribution in [0, 0.1) is 10.1 Å². The first kappa shape index (κ1) is 23.7. The molecule has 1 aliphatic heterocycles. The van der Waals surface area contributed by atoms with E-state index in [0.717, 1.165) is 4.68 Å². The van der Waals surface area contributed by atoms with E-state index in [1.807, 2.05) is 0 Å². The van der Waals surface area contributed by atoms with Gasteiger partial charge in [-0.1, -0.05) is 12.1 Å². The highest BCUT2D eigenvalue weighted by Crippen LogP contribution is 2.29. The Labute approximate surface area is 189 Å². The van der Waals surface area contributed by atoms with Gasteiger partial charge in [0.1, 0.15) is 17.0 Å². The Morgan fingerprint density at radius 3 is 2.55 bits per heavy atom. The highest BCUT2D eigenvalue weighted by Gasteiger charge is 2.33. The third kappa shape index (κ3) is 5.27. The number of carbonyl (C=O) groups is 3. The number of benzene rings is 1. The van der Waals surface area contributed by atoms with Gasteiger partial charge < -0.3 is 19.7 Å². The van der Waals surface area contributed by atoms with Gasteiger partial charge in [-0.25, -0.2) is 9.59 Å². The Bertz CT molecular complexity index is 1100. The molecule has 33 heavy (non-hydrogen) atoms. The van der Waals surface area contributed by atoms with Gasteiger partial charge in [-0.2, -0.15) is 5.10 Å². The van der Waals surface area contributed by atoms with Crippen LogP contribution in [0.5, 0.6) is 0 Å². The molecule has 0 aliphatic carbocycles. The molecule has 0 spiro atoms. The lowest BCUT2D eigenvalue weighted by Crippen LogP contribution is -2.40. The summed E-state index contributed by atoms with van der Waals surface area (Å²) < 4.78 is 11.4. The van der Waals surface area contributed by atoms with Crippen LogP contribution >= 0.6 is 0 Å². The molecule has 12 heteroatoms. The molecule has 0 saturated heterocycles. The van der Waals surface area contributed by atoms with Crippen molar-refractivity contribution in [1.82, 2.24) is 14.7 Å². The van der Waals surface area contributed by atoms with Gasteiger partial charge in [-0.05, 0) is 33.8 Å². The lowest BCUT2D eigenvalue weighted by molar-refractivity contribution is -0.385. The predicted octanol–water partition coefficient (Wildman–Crippen LogP) is 3.34. The molecule has 0 unspecified atom stereocenters. The zero-order valence-electron chi connectivity index (χ0n) is 18.8. The molecule has 0 atom stereocenters. The van der Waals surface area contributed by atoms with E-state index in [2.05, 4.69) is 10.4 Å². The molecule has 0 bridgehead atoms. The molecule has 176 valence electrons. The van der Waals surface area contributed by atoms with Gasteiger partial charge in [0, 0.05) is 24.6 Å². The van der Waals surface area contributed by atoms with Gasteiger partial charge in [0.2, 0.25) is 0 Å². The number of aromatic nitrogens is 2. The fourth-order valence-electron chi connectivity index (χ4n) is 3.30. The van der Waals surface area contributed by atoms with Gasteiger partial charge in [-0.15, -0.1) is 4.68 Å². The molecule has 1 aromatic heterocycles. The van der Waals surface area contributed by atoms with Crippen LogP contribution in [0.15, 0.2) is 24.3 Å². The summed E-state index contributed by atoms with van der Waals surface area (Å²) in [7, 11) is 0. The Balaban J connectivity index is 1.98. The SMILES string of the molecule is CCOC(=O)n1nc2c(c1NC(=O)c1ccccc1[N+](=O)[O-])CN(C(=O)OC(C)(C)C)CC2. The number of hydrogen-bond acceptors (Lipinski definition) is 8. The monoisotopic (exact) mass is 459 g/mol. The molecule has 1 aliphatic rings. The Kier molecular flexibility index (Phi) is 6.65. The lowest BCUT2D eigenvalue weighted by atomic mass is 10.1. The van der Waals surface area contributed by atoms with Crippen LogP contribution in [0.3, 0.4) is 0 Å². The molecule has 0 radical (unpaired) electrons. The molecule has 0 fully saturated rings. The topological polar surface area (TPSA) is 146 Å². The summed E-state index contributed by atoms with van der Waals surface area (Å²) in [5.41, 5.74) is -0.350. The zero-order valence-corrected chi connectivity index (χ0v) is 18.8. The number of fused-ring (bicyclic) bond motifs is 1. The second-order valence-electron chi connectivity index (χ2n) is 8.26. The number of hydrogen-bond donors (Lipinski definition) is 1. The van der Waals surface area contributed by atoms with E-state index >= 15 is 0 Å². The molecular weight excluding hydrogens is 434 g/mol. The summed E-state index contributed by atoms with van der Waals surface area (Å²) in [6, 6.07) is 5.44.